The number of rotatable bonds is 1. The van der Waals surface area contributed by atoms with Crippen molar-refractivity contribution < 1.29 is 12.8 Å². The van der Waals surface area contributed by atoms with Gasteiger partial charge in [0.25, 0.3) is 0 Å². The molecule has 0 amide bonds. The fourth-order valence-electron chi connectivity index (χ4n) is 1.18. The molecule has 0 radical (unpaired) electrons. The van der Waals surface area contributed by atoms with E-state index in [-0.39, 0.29) is 4.90 Å². The Hall–Kier alpha value is -0.900. The summed E-state index contributed by atoms with van der Waals surface area (Å²) in [5.74, 6) is -0.645. The summed E-state index contributed by atoms with van der Waals surface area (Å²) >= 11 is 0. The van der Waals surface area contributed by atoms with Gasteiger partial charge in [-0.1, -0.05) is 6.07 Å². The summed E-state index contributed by atoms with van der Waals surface area (Å²) in [6, 6.07) is 2.96. The molecule has 0 aliphatic heterocycles. The number of hydrogen-bond acceptors (Lipinski definition) is 2. The molecule has 4 heteroatoms. The largest absolute Gasteiger partial charge is 0.224 e. The molecule has 0 aromatic heterocycles. The molecule has 0 atom stereocenters. The van der Waals surface area contributed by atoms with E-state index >= 15 is 0 Å². The molecular formula is C9H11FO2S. The Balaban J connectivity index is 3.56. The van der Waals surface area contributed by atoms with Crippen molar-refractivity contribution in [1.29, 1.82) is 0 Å². The number of benzene rings is 1. The summed E-state index contributed by atoms with van der Waals surface area (Å²) < 4.78 is 35.5. The average molecular weight is 202 g/mol. The molecule has 1 rings (SSSR count). The van der Waals surface area contributed by atoms with E-state index in [9.17, 15) is 12.8 Å². The lowest BCUT2D eigenvalue weighted by atomic mass is 10.1. The zero-order chi connectivity index (χ0) is 10.2. The Kier molecular flexibility index (Phi) is 2.43. The second-order valence-corrected chi connectivity index (χ2v) is 5.15. The van der Waals surface area contributed by atoms with Crippen LogP contribution in [0.4, 0.5) is 4.39 Å². The van der Waals surface area contributed by atoms with E-state index in [2.05, 4.69) is 0 Å². The number of halogens is 1. The Morgan fingerprint density at radius 3 is 2.23 bits per heavy atom. The van der Waals surface area contributed by atoms with Crippen molar-refractivity contribution in [3.63, 3.8) is 0 Å². The first-order valence-corrected chi connectivity index (χ1v) is 5.68. The molecule has 0 aliphatic rings. The molecule has 1 aromatic carbocycles. The Morgan fingerprint density at radius 2 is 1.77 bits per heavy atom. The van der Waals surface area contributed by atoms with Crippen molar-refractivity contribution in [2.24, 2.45) is 0 Å². The topological polar surface area (TPSA) is 34.1 Å². The SMILES string of the molecule is Cc1cc(C)c(F)c(S(C)(=O)=O)c1. The van der Waals surface area contributed by atoms with E-state index in [0.29, 0.717) is 5.56 Å². The summed E-state index contributed by atoms with van der Waals surface area (Å²) in [4.78, 5) is -0.218. The summed E-state index contributed by atoms with van der Waals surface area (Å²) in [5.41, 5.74) is 1.11. The van der Waals surface area contributed by atoms with Gasteiger partial charge in [0.05, 0.1) is 0 Å². The molecule has 0 heterocycles. The minimum absolute atomic E-state index is 0.218. The van der Waals surface area contributed by atoms with Crippen molar-refractivity contribution in [2.75, 3.05) is 6.26 Å². The normalized spacial score (nSPS) is 11.7. The third-order valence-corrected chi connectivity index (χ3v) is 2.86. The highest BCUT2D eigenvalue weighted by Gasteiger charge is 2.15. The second kappa shape index (κ2) is 3.10. The molecule has 0 saturated carbocycles. The van der Waals surface area contributed by atoms with Crippen LogP contribution in [0, 0.1) is 19.7 Å². The zero-order valence-corrected chi connectivity index (χ0v) is 8.57. The van der Waals surface area contributed by atoms with Gasteiger partial charge >= 0.3 is 0 Å². The van der Waals surface area contributed by atoms with Gasteiger partial charge in [0, 0.05) is 6.26 Å². The van der Waals surface area contributed by atoms with Gasteiger partial charge in [0.2, 0.25) is 0 Å². The molecule has 0 aliphatic carbocycles. The lowest BCUT2D eigenvalue weighted by Gasteiger charge is -2.04. The van der Waals surface area contributed by atoms with Gasteiger partial charge in [-0.3, -0.25) is 0 Å². The van der Waals surface area contributed by atoms with Crippen LogP contribution in [0.25, 0.3) is 0 Å². The molecule has 13 heavy (non-hydrogen) atoms. The van der Waals surface area contributed by atoms with Crippen molar-refractivity contribution in [2.45, 2.75) is 18.7 Å². The standard InChI is InChI=1S/C9H11FO2S/c1-6-4-7(2)9(10)8(5-6)13(3,11)12/h4-5H,1-3H3. The summed E-state index contributed by atoms with van der Waals surface area (Å²) in [7, 11) is -3.45. The first-order chi connectivity index (χ1) is 5.82. The van der Waals surface area contributed by atoms with Crippen LogP contribution in [0.1, 0.15) is 11.1 Å². The fourth-order valence-corrected chi connectivity index (χ4v) is 2.07. The molecule has 0 spiro atoms. The third-order valence-electron chi connectivity index (χ3n) is 1.76. The van der Waals surface area contributed by atoms with E-state index in [1.807, 2.05) is 0 Å². The lowest BCUT2D eigenvalue weighted by Crippen LogP contribution is -2.02. The summed E-state index contributed by atoms with van der Waals surface area (Å²) in [5, 5.41) is 0. The van der Waals surface area contributed by atoms with Gasteiger partial charge in [-0.15, -0.1) is 0 Å². The van der Waals surface area contributed by atoms with Gasteiger partial charge in [0.1, 0.15) is 10.7 Å². The van der Waals surface area contributed by atoms with E-state index < -0.39 is 15.7 Å². The molecule has 0 fully saturated rings. The quantitative estimate of drug-likeness (QED) is 0.696. The molecule has 2 nitrogen and oxygen atoms in total. The van der Waals surface area contributed by atoms with Crippen LogP contribution in [0.2, 0.25) is 0 Å². The van der Waals surface area contributed by atoms with Crippen LogP contribution in [0.5, 0.6) is 0 Å². The smallest absolute Gasteiger partial charge is 0.178 e. The van der Waals surface area contributed by atoms with Gasteiger partial charge < -0.3 is 0 Å². The predicted molar refractivity (Wildman–Crippen MR) is 49.0 cm³/mol. The monoisotopic (exact) mass is 202 g/mol. The minimum Gasteiger partial charge on any atom is -0.224 e. The molecule has 0 saturated heterocycles. The third kappa shape index (κ3) is 2.06. The first kappa shape index (κ1) is 10.2. The maximum absolute atomic E-state index is 13.3. The number of aryl methyl sites for hydroxylation is 2. The van der Waals surface area contributed by atoms with Gasteiger partial charge in [-0.2, -0.15) is 0 Å². The van der Waals surface area contributed by atoms with Crippen molar-refractivity contribution in [3.05, 3.63) is 29.1 Å². The van der Waals surface area contributed by atoms with E-state index in [4.69, 9.17) is 0 Å². The van der Waals surface area contributed by atoms with Crippen LogP contribution < -0.4 is 0 Å². The van der Waals surface area contributed by atoms with E-state index in [1.165, 1.54) is 6.07 Å². The van der Waals surface area contributed by atoms with E-state index in [0.717, 1.165) is 11.8 Å². The molecule has 1 aromatic rings. The first-order valence-electron chi connectivity index (χ1n) is 3.79. The second-order valence-electron chi connectivity index (χ2n) is 3.17. The molecule has 72 valence electrons. The van der Waals surface area contributed by atoms with Crippen LogP contribution >= 0.6 is 0 Å². The lowest BCUT2D eigenvalue weighted by molar-refractivity contribution is 0.565. The fraction of sp³-hybridized carbons (Fsp3) is 0.333. The molecule has 0 unspecified atom stereocenters. The Bertz CT molecular complexity index is 435. The minimum atomic E-state index is -3.45. The maximum atomic E-state index is 13.3. The number of hydrogen-bond donors (Lipinski definition) is 0. The number of sulfone groups is 1. The highest BCUT2D eigenvalue weighted by Crippen LogP contribution is 2.19. The maximum Gasteiger partial charge on any atom is 0.178 e. The molecule has 0 N–H and O–H groups in total. The van der Waals surface area contributed by atoms with Gasteiger partial charge in [-0.05, 0) is 31.0 Å². The van der Waals surface area contributed by atoms with E-state index in [1.54, 1.807) is 19.9 Å². The Labute approximate surface area is 77.3 Å². The van der Waals surface area contributed by atoms with Crippen molar-refractivity contribution in [1.82, 2.24) is 0 Å². The highest BCUT2D eigenvalue weighted by molar-refractivity contribution is 7.90. The van der Waals surface area contributed by atoms with Crippen LogP contribution in [-0.2, 0) is 9.84 Å². The van der Waals surface area contributed by atoms with Crippen LogP contribution in [-0.4, -0.2) is 14.7 Å². The van der Waals surface area contributed by atoms with Crippen LogP contribution in [0.3, 0.4) is 0 Å². The molecule has 0 bridgehead atoms. The molecular weight excluding hydrogens is 191 g/mol. The van der Waals surface area contributed by atoms with Crippen LogP contribution in [0.15, 0.2) is 17.0 Å². The average Bonchev–Trinajstić information content (AvgIpc) is 1.94. The predicted octanol–water partition coefficient (Wildman–Crippen LogP) is 1.85. The summed E-state index contributed by atoms with van der Waals surface area (Å²) in [6.45, 7) is 3.29. The van der Waals surface area contributed by atoms with Gasteiger partial charge in [-0.25, -0.2) is 12.8 Å². The zero-order valence-electron chi connectivity index (χ0n) is 7.76. The highest BCUT2D eigenvalue weighted by atomic mass is 32.2. The van der Waals surface area contributed by atoms with Crippen molar-refractivity contribution in [3.8, 4) is 0 Å². The van der Waals surface area contributed by atoms with Gasteiger partial charge in [0.15, 0.2) is 9.84 Å². The Morgan fingerprint density at radius 1 is 1.23 bits per heavy atom. The van der Waals surface area contributed by atoms with Crippen molar-refractivity contribution >= 4 is 9.84 Å². The summed E-state index contributed by atoms with van der Waals surface area (Å²) in [6.07, 6.45) is 1.00.